The van der Waals surface area contributed by atoms with Crippen LogP contribution in [0.1, 0.15) is 64.2 Å². The zero-order chi connectivity index (χ0) is 27.0. The van der Waals surface area contributed by atoms with Gasteiger partial charge in [0.1, 0.15) is 13.2 Å². The Balaban J connectivity index is 1.24. The summed E-state index contributed by atoms with van der Waals surface area (Å²) in [4.78, 5) is 22.1. The van der Waals surface area contributed by atoms with Crippen LogP contribution in [0.3, 0.4) is 0 Å². The van der Waals surface area contributed by atoms with Gasteiger partial charge in [0, 0.05) is 36.5 Å². The lowest BCUT2D eigenvalue weighted by Gasteiger charge is -2.27. The van der Waals surface area contributed by atoms with Crippen LogP contribution < -0.4 is 5.32 Å². The van der Waals surface area contributed by atoms with Gasteiger partial charge in [-0.2, -0.15) is 0 Å². The van der Waals surface area contributed by atoms with Gasteiger partial charge in [-0.25, -0.2) is 9.59 Å². The van der Waals surface area contributed by atoms with E-state index in [2.05, 4.69) is 42.2 Å². The summed E-state index contributed by atoms with van der Waals surface area (Å²) in [6.07, 6.45) is 13.2. The third-order valence-electron chi connectivity index (χ3n) is 7.41. The quantitative estimate of drug-likeness (QED) is 0.200. The summed E-state index contributed by atoms with van der Waals surface area (Å²) in [5.74, 6) is 14.5. The largest absolute Gasteiger partial charge is 0.460 e. The maximum absolute atomic E-state index is 11.1. The van der Waals surface area contributed by atoms with Crippen molar-refractivity contribution in [3.8, 4) is 23.7 Å². The van der Waals surface area contributed by atoms with Gasteiger partial charge in [-0.05, 0) is 64.2 Å². The third kappa shape index (κ3) is 11.4. The van der Waals surface area contributed by atoms with Crippen molar-refractivity contribution in [2.45, 2.75) is 82.5 Å². The monoisotopic (exact) mass is 525 g/mol. The van der Waals surface area contributed by atoms with E-state index in [9.17, 15) is 9.59 Å². The summed E-state index contributed by atoms with van der Waals surface area (Å²) in [7, 11) is 0. The molecule has 1 aliphatic heterocycles. The van der Waals surface area contributed by atoms with Crippen molar-refractivity contribution in [1.82, 2.24) is 5.32 Å². The van der Waals surface area contributed by atoms with Gasteiger partial charge in [-0.3, -0.25) is 0 Å². The Hall–Kier alpha value is -2.58. The molecular formula is C31H43NO6. The molecule has 2 aliphatic carbocycles. The summed E-state index contributed by atoms with van der Waals surface area (Å²) >= 11 is 0. The molecule has 0 aromatic heterocycles. The van der Waals surface area contributed by atoms with Crippen LogP contribution in [0.4, 0.5) is 0 Å². The van der Waals surface area contributed by atoms with E-state index in [0.717, 1.165) is 70.8 Å². The Bertz CT molecular complexity index is 811. The molecule has 0 aromatic carbocycles. The molecule has 2 unspecified atom stereocenters. The summed E-state index contributed by atoms with van der Waals surface area (Å²) in [6, 6.07) is 0.264. The number of hydrogen-bond acceptors (Lipinski definition) is 7. The number of esters is 2. The van der Waals surface area contributed by atoms with Gasteiger partial charge in [0.2, 0.25) is 0 Å². The highest BCUT2D eigenvalue weighted by atomic mass is 16.6. The fourth-order valence-corrected chi connectivity index (χ4v) is 5.14. The van der Waals surface area contributed by atoms with E-state index in [0.29, 0.717) is 31.0 Å². The van der Waals surface area contributed by atoms with E-state index >= 15 is 0 Å². The highest BCUT2D eigenvalue weighted by Gasteiger charge is 2.23. The predicted molar refractivity (Wildman–Crippen MR) is 146 cm³/mol. The predicted octanol–water partition coefficient (Wildman–Crippen LogP) is 3.97. The van der Waals surface area contributed by atoms with Crippen LogP contribution in [0, 0.1) is 41.4 Å². The fraction of sp³-hybridized carbons (Fsp3) is 0.677. The van der Waals surface area contributed by atoms with Crippen molar-refractivity contribution < 1.29 is 28.5 Å². The van der Waals surface area contributed by atoms with Gasteiger partial charge in [0.25, 0.3) is 0 Å². The molecule has 1 N–H and O–H groups in total. The first-order valence-corrected chi connectivity index (χ1v) is 14.1. The molecule has 0 bridgehead atoms. The lowest BCUT2D eigenvalue weighted by Crippen LogP contribution is -2.37. The van der Waals surface area contributed by atoms with Gasteiger partial charge in [-0.1, -0.05) is 36.8 Å². The minimum Gasteiger partial charge on any atom is -0.460 e. The van der Waals surface area contributed by atoms with Crippen LogP contribution in [-0.2, 0) is 28.5 Å². The van der Waals surface area contributed by atoms with Crippen molar-refractivity contribution in [2.24, 2.45) is 17.8 Å². The minimum atomic E-state index is -0.407. The molecule has 208 valence electrons. The van der Waals surface area contributed by atoms with Gasteiger partial charge >= 0.3 is 11.9 Å². The van der Waals surface area contributed by atoms with Crippen molar-refractivity contribution in [3.05, 3.63) is 25.3 Å². The average Bonchev–Trinajstić information content (AvgIpc) is 2.96. The zero-order valence-electron chi connectivity index (χ0n) is 22.6. The Labute approximate surface area is 228 Å². The molecule has 0 radical (unpaired) electrons. The van der Waals surface area contributed by atoms with Crippen molar-refractivity contribution >= 4 is 11.9 Å². The Morgan fingerprint density at radius 1 is 0.632 bits per heavy atom. The van der Waals surface area contributed by atoms with Gasteiger partial charge in [0.05, 0.1) is 31.5 Å². The molecule has 1 heterocycles. The molecule has 0 spiro atoms. The van der Waals surface area contributed by atoms with Crippen LogP contribution in [0.15, 0.2) is 25.3 Å². The van der Waals surface area contributed by atoms with Crippen molar-refractivity contribution in [1.29, 1.82) is 0 Å². The number of carbonyl (C=O) groups is 2. The van der Waals surface area contributed by atoms with Crippen molar-refractivity contribution in [3.63, 3.8) is 0 Å². The smallest absolute Gasteiger partial charge is 0.330 e. The Morgan fingerprint density at radius 3 is 1.53 bits per heavy atom. The van der Waals surface area contributed by atoms with Crippen LogP contribution in [-0.4, -0.2) is 63.2 Å². The van der Waals surface area contributed by atoms with E-state index in [4.69, 9.17) is 18.9 Å². The first-order valence-electron chi connectivity index (χ1n) is 14.1. The molecule has 38 heavy (non-hydrogen) atoms. The zero-order valence-corrected chi connectivity index (χ0v) is 22.6. The van der Waals surface area contributed by atoms with Gasteiger partial charge in [-0.15, -0.1) is 0 Å². The van der Waals surface area contributed by atoms with Crippen molar-refractivity contribution in [2.75, 3.05) is 33.0 Å². The van der Waals surface area contributed by atoms with Crippen LogP contribution >= 0.6 is 0 Å². The summed E-state index contributed by atoms with van der Waals surface area (Å²) < 4.78 is 21.6. The number of rotatable bonds is 10. The highest BCUT2D eigenvalue weighted by molar-refractivity contribution is 5.81. The van der Waals surface area contributed by atoms with Crippen LogP contribution in [0.5, 0.6) is 0 Å². The topological polar surface area (TPSA) is 83.1 Å². The van der Waals surface area contributed by atoms with Gasteiger partial charge < -0.3 is 24.3 Å². The second-order valence-corrected chi connectivity index (χ2v) is 10.2. The van der Waals surface area contributed by atoms with E-state index in [1.54, 1.807) is 0 Å². The van der Waals surface area contributed by atoms with Gasteiger partial charge in [0.15, 0.2) is 0 Å². The Kier molecular flexibility index (Phi) is 13.5. The summed E-state index contributed by atoms with van der Waals surface area (Å²) in [5.41, 5.74) is 0. The molecule has 3 fully saturated rings. The first-order chi connectivity index (χ1) is 18.6. The lowest BCUT2D eigenvalue weighted by atomic mass is 9.86. The molecule has 0 amide bonds. The first kappa shape index (κ1) is 30.0. The van der Waals surface area contributed by atoms with E-state index < -0.39 is 11.9 Å². The molecule has 2 atom stereocenters. The molecule has 3 aliphatic rings. The SMILES string of the molecule is C=CC(=O)OCCOC1CCC(C#CC2CCC(C#CC3CCC(OCCOC(=O)C=C)CC3)NC2)CC1. The summed E-state index contributed by atoms with van der Waals surface area (Å²) in [5, 5.41) is 3.59. The number of nitrogens with one attached hydrogen (secondary N) is 1. The Morgan fingerprint density at radius 2 is 1.08 bits per heavy atom. The normalized spacial score (nSPS) is 28.9. The summed E-state index contributed by atoms with van der Waals surface area (Å²) in [6.45, 7) is 9.09. The molecule has 0 aromatic rings. The highest BCUT2D eigenvalue weighted by Crippen LogP contribution is 2.27. The van der Waals surface area contributed by atoms with E-state index in [-0.39, 0.29) is 31.5 Å². The van der Waals surface area contributed by atoms with E-state index in [1.165, 1.54) is 12.2 Å². The standard InChI is InChI=1S/C31H43NO6/c1-3-30(33)37-21-19-35-28-15-9-24(10-16-28)5-6-26-8-14-27(32-23-26)13-7-25-11-17-29(18-12-25)36-20-22-38-31(34)4-2/h3-4,24-29,32H,1-2,8-12,14-23H2. The second kappa shape index (κ2) is 17.1. The molecule has 1 saturated heterocycles. The number of piperidine rings is 1. The molecular weight excluding hydrogens is 482 g/mol. The average molecular weight is 526 g/mol. The molecule has 3 rings (SSSR count). The third-order valence-corrected chi connectivity index (χ3v) is 7.41. The molecule has 2 saturated carbocycles. The maximum Gasteiger partial charge on any atom is 0.330 e. The van der Waals surface area contributed by atoms with Crippen LogP contribution in [0.25, 0.3) is 0 Å². The lowest BCUT2D eigenvalue weighted by molar-refractivity contribution is -0.141. The number of carbonyl (C=O) groups excluding carboxylic acids is 2. The molecule has 7 nitrogen and oxygen atoms in total. The molecule has 7 heteroatoms. The fourth-order valence-electron chi connectivity index (χ4n) is 5.14. The number of hydrogen-bond donors (Lipinski definition) is 1. The maximum atomic E-state index is 11.1. The number of ether oxygens (including phenoxy) is 4. The minimum absolute atomic E-state index is 0.235. The van der Waals surface area contributed by atoms with E-state index in [1.807, 2.05) is 0 Å². The second-order valence-electron chi connectivity index (χ2n) is 10.2. The van der Waals surface area contributed by atoms with Crippen LogP contribution in [0.2, 0.25) is 0 Å².